The highest BCUT2D eigenvalue weighted by molar-refractivity contribution is 5.92. The van der Waals surface area contributed by atoms with Crippen molar-refractivity contribution in [3.8, 4) is 0 Å². The summed E-state index contributed by atoms with van der Waals surface area (Å²) in [6.45, 7) is 7.37. The minimum Gasteiger partial charge on any atom is -0.349 e. The third-order valence-corrected chi connectivity index (χ3v) is 4.65. The van der Waals surface area contributed by atoms with Crippen molar-refractivity contribution in [3.63, 3.8) is 0 Å². The Labute approximate surface area is 128 Å². The van der Waals surface area contributed by atoms with Gasteiger partial charge in [-0.15, -0.1) is 0 Å². The summed E-state index contributed by atoms with van der Waals surface area (Å²) in [6, 6.07) is 4.40. The van der Waals surface area contributed by atoms with Gasteiger partial charge in [0.15, 0.2) is 0 Å². The van der Waals surface area contributed by atoms with Crippen LogP contribution in [0.2, 0.25) is 0 Å². The molecule has 1 unspecified atom stereocenters. The maximum absolute atomic E-state index is 12.3. The first-order chi connectivity index (χ1) is 10.1. The number of carbonyl (C=O) groups excluding carboxylic acids is 1. The summed E-state index contributed by atoms with van der Waals surface area (Å²) in [5.74, 6) is 0.0478. The number of aromatic nitrogens is 1. The highest BCUT2D eigenvalue weighted by Gasteiger charge is 2.22. The van der Waals surface area contributed by atoms with Crippen molar-refractivity contribution < 1.29 is 4.79 Å². The molecule has 0 saturated carbocycles. The number of rotatable bonds is 6. The zero-order chi connectivity index (χ0) is 15.2. The summed E-state index contributed by atoms with van der Waals surface area (Å²) in [5.41, 5.74) is 1.87. The Hall–Kier alpha value is -1.29. The fraction of sp³-hybridized carbons (Fsp3) is 0.706. The minimum absolute atomic E-state index is 0.0478. The van der Waals surface area contributed by atoms with Crippen LogP contribution in [0.25, 0.3) is 0 Å². The first-order valence-electron chi connectivity index (χ1n) is 8.28. The number of hydrogen-bond donors (Lipinski definition) is 1. The molecule has 1 fully saturated rings. The van der Waals surface area contributed by atoms with Gasteiger partial charge in [-0.3, -0.25) is 9.69 Å². The van der Waals surface area contributed by atoms with E-state index in [9.17, 15) is 4.79 Å². The van der Waals surface area contributed by atoms with Crippen molar-refractivity contribution in [2.45, 2.75) is 52.0 Å². The van der Waals surface area contributed by atoms with Crippen molar-refractivity contribution in [1.82, 2.24) is 14.8 Å². The molecule has 21 heavy (non-hydrogen) atoms. The topological polar surface area (TPSA) is 37.3 Å². The maximum Gasteiger partial charge on any atom is 0.267 e. The summed E-state index contributed by atoms with van der Waals surface area (Å²) >= 11 is 0. The highest BCUT2D eigenvalue weighted by Crippen LogP contribution is 2.17. The van der Waals surface area contributed by atoms with Gasteiger partial charge >= 0.3 is 0 Å². The van der Waals surface area contributed by atoms with Gasteiger partial charge in [0.2, 0.25) is 0 Å². The van der Waals surface area contributed by atoms with E-state index < -0.39 is 0 Å². The minimum atomic E-state index is 0.0478. The number of nitrogens with one attached hydrogen (secondary N) is 1. The van der Waals surface area contributed by atoms with Crippen molar-refractivity contribution in [1.29, 1.82) is 0 Å². The van der Waals surface area contributed by atoms with E-state index in [1.165, 1.54) is 45.2 Å². The first kappa shape index (κ1) is 16.1. The van der Waals surface area contributed by atoms with Crippen LogP contribution in [0.4, 0.5) is 0 Å². The maximum atomic E-state index is 12.3. The molecule has 2 heterocycles. The van der Waals surface area contributed by atoms with Crippen LogP contribution in [-0.4, -0.2) is 41.1 Å². The van der Waals surface area contributed by atoms with Crippen LogP contribution in [0.1, 0.15) is 55.2 Å². The molecule has 0 bridgehead atoms. The lowest BCUT2D eigenvalue weighted by atomic mass is 10.0. The second-order valence-corrected chi connectivity index (χ2v) is 6.17. The van der Waals surface area contributed by atoms with Crippen molar-refractivity contribution in [3.05, 3.63) is 23.5 Å². The fourth-order valence-electron chi connectivity index (χ4n) is 3.09. The summed E-state index contributed by atoms with van der Waals surface area (Å²) < 4.78 is 1.95. The predicted molar refractivity (Wildman–Crippen MR) is 86.6 cm³/mol. The molecular weight excluding hydrogens is 262 g/mol. The summed E-state index contributed by atoms with van der Waals surface area (Å²) in [5, 5.41) is 3.13. The molecule has 4 nitrogen and oxygen atoms in total. The number of amides is 1. The van der Waals surface area contributed by atoms with Crippen LogP contribution in [0, 0.1) is 6.92 Å². The molecule has 1 amide bonds. The van der Waals surface area contributed by atoms with E-state index in [0.717, 1.165) is 17.9 Å². The smallest absolute Gasteiger partial charge is 0.267 e. The quantitative estimate of drug-likeness (QED) is 0.875. The molecule has 1 N–H and O–H groups in total. The van der Waals surface area contributed by atoms with Gasteiger partial charge < -0.3 is 9.88 Å². The number of piperidine rings is 1. The lowest BCUT2D eigenvalue weighted by molar-refractivity contribution is 0.0904. The normalized spacial score (nSPS) is 19.7. The van der Waals surface area contributed by atoms with Gasteiger partial charge in [0.05, 0.1) is 0 Å². The van der Waals surface area contributed by atoms with E-state index in [-0.39, 0.29) is 5.91 Å². The predicted octanol–water partition coefficient (Wildman–Crippen LogP) is 2.72. The molecule has 1 aliphatic rings. The van der Waals surface area contributed by atoms with Gasteiger partial charge in [0.1, 0.15) is 5.69 Å². The molecule has 1 aromatic heterocycles. The van der Waals surface area contributed by atoms with Crippen LogP contribution in [-0.2, 0) is 7.05 Å². The van der Waals surface area contributed by atoms with Gasteiger partial charge in [0.25, 0.3) is 5.91 Å². The van der Waals surface area contributed by atoms with Gasteiger partial charge in [-0.25, -0.2) is 0 Å². The van der Waals surface area contributed by atoms with Crippen LogP contribution < -0.4 is 5.32 Å². The van der Waals surface area contributed by atoms with Crippen LogP contribution in [0.15, 0.2) is 12.1 Å². The molecule has 1 atom stereocenters. The van der Waals surface area contributed by atoms with E-state index in [4.69, 9.17) is 0 Å². The first-order valence-corrected chi connectivity index (χ1v) is 8.28. The number of unbranched alkanes of at least 4 members (excludes halogenated alkanes) is 1. The average Bonchev–Trinajstić information content (AvgIpc) is 2.83. The SMILES string of the molecule is CCCCN1CCCCC1CNC(=O)c1ccc(C)n1C. The number of nitrogens with zero attached hydrogens (tertiary/aromatic N) is 2. The van der Waals surface area contributed by atoms with Gasteiger partial charge in [-0.05, 0) is 51.4 Å². The van der Waals surface area contributed by atoms with Crippen molar-refractivity contribution in [2.75, 3.05) is 19.6 Å². The number of carbonyl (C=O) groups is 1. The van der Waals surface area contributed by atoms with E-state index in [0.29, 0.717) is 6.04 Å². The zero-order valence-corrected chi connectivity index (χ0v) is 13.7. The molecule has 0 aromatic carbocycles. The Morgan fingerprint density at radius 1 is 1.38 bits per heavy atom. The molecule has 2 rings (SSSR count). The van der Waals surface area contributed by atoms with Crippen LogP contribution in [0.3, 0.4) is 0 Å². The number of likely N-dealkylation sites (tertiary alicyclic amines) is 1. The lowest BCUT2D eigenvalue weighted by Crippen LogP contribution is -2.47. The van der Waals surface area contributed by atoms with Gasteiger partial charge in [-0.2, -0.15) is 0 Å². The molecule has 1 saturated heterocycles. The highest BCUT2D eigenvalue weighted by atomic mass is 16.1. The third kappa shape index (κ3) is 4.10. The zero-order valence-electron chi connectivity index (χ0n) is 13.7. The van der Waals surface area contributed by atoms with Crippen molar-refractivity contribution >= 4 is 5.91 Å². The molecular formula is C17H29N3O. The van der Waals surface area contributed by atoms with E-state index in [2.05, 4.69) is 17.1 Å². The number of hydrogen-bond acceptors (Lipinski definition) is 2. The molecule has 1 aliphatic heterocycles. The molecule has 118 valence electrons. The lowest BCUT2D eigenvalue weighted by Gasteiger charge is -2.35. The van der Waals surface area contributed by atoms with Crippen LogP contribution >= 0.6 is 0 Å². The summed E-state index contributed by atoms with van der Waals surface area (Å²) in [4.78, 5) is 14.9. The fourth-order valence-corrected chi connectivity index (χ4v) is 3.09. The summed E-state index contributed by atoms with van der Waals surface area (Å²) in [7, 11) is 1.94. The Morgan fingerprint density at radius 3 is 2.86 bits per heavy atom. The molecule has 4 heteroatoms. The van der Waals surface area contributed by atoms with Gasteiger partial charge in [-0.1, -0.05) is 19.8 Å². The Balaban J connectivity index is 1.88. The van der Waals surface area contributed by atoms with Crippen molar-refractivity contribution in [2.24, 2.45) is 7.05 Å². The van der Waals surface area contributed by atoms with E-state index in [1.807, 2.05) is 30.7 Å². The molecule has 0 radical (unpaired) electrons. The largest absolute Gasteiger partial charge is 0.349 e. The monoisotopic (exact) mass is 291 g/mol. The standard InChI is InChI=1S/C17H29N3O/c1-4-5-11-20-12-7-6-8-15(20)13-18-17(21)16-10-9-14(2)19(16)3/h9-10,15H,4-8,11-13H2,1-3H3,(H,18,21). The molecule has 1 aromatic rings. The Kier molecular flexibility index (Phi) is 5.85. The third-order valence-electron chi connectivity index (χ3n) is 4.65. The van der Waals surface area contributed by atoms with Crippen LogP contribution in [0.5, 0.6) is 0 Å². The second-order valence-electron chi connectivity index (χ2n) is 6.17. The Bertz CT molecular complexity index is 467. The van der Waals surface area contributed by atoms with Gasteiger partial charge in [0, 0.05) is 25.3 Å². The summed E-state index contributed by atoms with van der Waals surface area (Å²) in [6.07, 6.45) is 6.27. The van der Waals surface area contributed by atoms with E-state index >= 15 is 0 Å². The Morgan fingerprint density at radius 2 is 2.19 bits per heavy atom. The number of aryl methyl sites for hydroxylation is 1. The molecule has 0 aliphatic carbocycles. The molecule has 0 spiro atoms. The second kappa shape index (κ2) is 7.64. The average molecular weight is 291 g/mol. The van der Waals surface area contributed by atoms with E-state index in [1.54, 1.807) is 0 Å².